The van der Waals surface area contributed by atoms with E-state index in [1.165, 1.54) is 11.1 Å². The molecule has 2 aromatic rings. The van der Waals surface area contributed by atoms with Gasteiger partial charge in [0.2, 0.25) is 5.91 Å². The van der Waals surface area contributed by atoms with Crippen molar-refractivity contribution in [1.82, 2.24) is 20.1 Å². The minimum Gasteiger partial charge on any atom is -0.497 e. The third kappa shape index (κ3) is 7.36. The largest absolute Gasteiger partial charge is 0.497 e. The maximum absolute atomic E-state index is 12.4. The smallest absolute Gasteiger partial charge is 0.220 e. The molecule has 2 aliphatic rings. The predicted molar refractivity (Wildman–Crippen MR) is 143 cm³/mol. The highest BCUT2D eigenvalue weighted by molar-refractivity contribution is 7.99. The third-order valence-corrected chi connectivity index (χ3v) is 7.21. The topological polar surface area (TPSA) is 69.0 Å². The Hall–Kier alpha value is -2.77. The first-order valence-corrected chi connectivity index (χ1v) is 13.4. The van der Waals surface area contributed by atoms with Crippen LogP contribution in [0.15, 0.2) is 77.0 Å². The summed E-state index contributed by atoms with van der Waals surface area (Å²) in [6.07, 6.45) is 17.3. The zero-order chi connectivity index (χ0) is 24.5. The lowest BCUT2D eigenvalue weighted by atomic mass is 10.1. The van der Waals surface area contributed by atoms with E-state index in [1.54, 1.807) is 18.9 Å². The van der Waals surface area contributed by atoms with Gasteiger partial charge in [0, 0.05) is 31.2 Å². The highest BCUT2D eigenvalue weighted by Gasteiger charge is 2.17. The molecule has 35 heavy (non-hydrogen) atoms. The van der Waals surface area contributed by atoms with Crippen molar-refractivity contribution in [2.45, 2.75) is 49.1 Å². The van der Waals surface area contributed by atoms with Gasteiger partial charge >= 0.3 is 0 Å². The second kappa shape index (κ2) is 12.8. The summed E-state index contributed by atoms with van der Waals surface area (Å²) in [4.78, 5) is 12.4. The Morgan fingerprint density at radius 2 is 2.23 bits per heavy atom. The van der Waals surface area contributed by atoms with Crippen LogP contribution < -0.4 is 10.1 Å². The molecule has 1 N–H and O–H groups in total. The van der Waals surface area contributed by atoms with Crippen molar-refractivity contribution < 1.29 is 9.53 Å². The quantitative estimate of drug-likeness (QED) is 0.316. The maximum atomic E-state index is 12.4. The predicted octanol–water partition coefficient (Wildman–Crippen LogP) is 5.58. The Labute approximate surface area is 216 Å². The van der Waals surface area contributed by atoms with Gasteiger partial charge in [0.05, 0.1) is 18.2 Å². The zero-order valence-corrected chi connectivity index (χ0v) is 21.5. The molecule has 184 valence electrons. The van der Waals surface area contributed by atoms with E-state index in [0.717, 1.165) is 47.4 Å². The molecule has 2 aliphatic carbocycles. The highest BCUT2D eigenvalue weighted by atomic mass is 35.5. The van der Waals surface area contributed by atoms with Crippen molar-refractivity contribution in [2.24, 2.45) is 0 Å². The van der Waals surface area contributed by atoms with E-state index >= 15 is 0 Å². The fraction of sp³-hybridized carbons (Fsp3) is 0.370. The molecule has 1 aromatic heterocycles. The summed E-state index contributed by atoms with van der Waals surface area (Å²) < 4.78 is 7.50. The molecule has 1 heterocycles. The van der Waals surface area contributed by atoms with Crippen molar-refractivity contribution in [3.8, 4) is 11.4 Å². The lowest BCUT2D eigenvalue weighted by Gasteiger charge is -2.14. The number of rotatable bonds is 11. The van der Waals surface area contributed by atoms with Gasteiger partial charge in [-0.05, 0) is 43.4 Å². The molecule has 4 rings (SSSR count). The van der Waals surface area contributed by atoms with Crippen LogP contribution >= 0.6 is 23.4 Å². The molecule has 1 amide bonds. The van der Waals surface area contributed by atoms with Crippen LogP contribution in [0.1, 0.15) is 37.9 Å². The fourth-order valence-corrected chi connectivity index (χ4v) is 5.27. The Bertz CT molecular complexity index is 1150. The molecule has 0 saturated heterocycles. The molecule has 1 atom stereocenters. The monoisotopic (exact) mass is 510 g/mol. The molecule has 0 aliphatic heterocycles. The standard InChI is InChI=1S/C27H31ClN4O2S/c1-34-24-13-6-12-23(17-24)32-25(14-7-15-26(33)29-18-20-8-3-2-4-9-20)30-31-27(32)35-19-21-10-5-11-22(28)16-21/h3,5-6,8-13,17,22H,2,4,7,14-16,18-19H2,1H3,(H,29,33). The Balaban J connectivity index is 1.41. The van der Waals surface area contributed by atoms with Crippen LogP contribution in [0, 0.1) is 0 Å². The number of hydrogen-bond acceptors (Lipinski definition) is 5. The first-order chi connectivity index (χ1) is 17.1. The molecule has 0 fully saturated rings. The average molecular weight is 511 g/mol. The number of thioether (sulfide) groups is 1. The molecule has 1 aromatic carbocycles. The number of aromatic nitrogens is 3. The number of benzene rings is 1. The summed E-state index contributed by atoms with van der Waals surface area (Å²) in [5.41, 5.74) is 3.40. The van der Waals surface area contributed by atoms with Crippen molar-refractivity contribution >= 4 is 29.3 Å². The van der Waals surface area contributed by atoms with Gasteiger partial charge in [-0.1, -0.05) is 59.9 Å². The molecule has 1 unspecified atom stereocenters. The van der Waals surface area contributed by atoms with Gasteiger partial charge in [0.25, 0.3) is 0 Å². The minimum absolute atomic E-state index is 0.0407. The molecule has 0 spiro atoms. The summed E-state index contributed by atoms with van der Waals surface area (Å²) in [5, 5.41) is 12.8. The van der Waals surface area contributed by atoms with E-state index in [9.17, 15) is 4.79 Å². The van der Waals surface area contributed by atoms with Crippen molar-refractivity contribution in [3.63, 3.8) is 0 Å². The Morgan fingerprint density at radius 1 is 1.31 bits per heavy atom. The normalized spacial score (nSPS) is 17.1. The number of nitrogens with zero attached hydrogens (tertiary/aromatic N) is 3. The summed E-state index contributed by atoms with van der Waals surface area (Å²) >= 11 is 7.93. The van der Waals surface area contributed by atoms with Gasteiger partial charge in [-0.2, -0.15) is 0 Å². The van der Waals surface area contributed by atoms with Crippen LogP contribution in [0.3, 0.4) is 0 Å². The first-order valence-electron chi connectivity index (χ1n) is 12.0. The van der Waals surface area contributed by atoms with E-state index < -0.39 is 0 Å². The summed E-state index contributed by atoms with van der Waals surface area (Å²) in [6.45, 7) is 0.588. The van der Waals surface area contributed by atoms with Crippen LogP contribution in [0.2, 0.25) is 0 Å². The lowest BCUT2D eigenvalue weighted by molar-refractivity contribution is -0.121. The number of methoxy groups -OCH3 is 1. The molecular formula is C27H31ClN4O2S. The van der Waals surface area contributed by atoms with Crippen LogP contribution in [-0.4, -0.2) is 45.5 Å². The van der Waals surface area contributed by atoms with E-state index in [2.05, 4.69) is 44.4 Å². The van der Waals surface area contributed by atoms with Gasteiger partial charge in [-0.15, -0.1) is 21.8 Å². The van der Waals surface area contributed by atoms with Gasteiger partial charge < -0.3 is 10.1 Å². The molecule has 6 nitrogen and oxygen atoms in total. The molecular weight excluding hydrogens is 480 g/mol. The Morgan fingerprint density at radius 3 is 3.03 bits per heavy atom. The number of hydrogen-bond donors (Lipinski definition) is 1. The van der Waals surface area contributed by atoms with E-state index in [-0.39, 0.29) is 11.3 Å². The van der Waals surface area contributed by atoms with Crippen molar-refractivity contribution in [2.75, 3.05) is 19.4 Å². The lowest BCUT2D eigenvalue weighted by Crippen LogP contribution is -2.25. The third-order valence-electron chi connectivity index (χ3n) is 5.87. The molecule has 0 radical (unpaired) electrons. The highest BCUT2D eigenvalue weighted by Crippen LogP contribution is 2.29. The number of nitrogens with one attached hydrogen (secondary N) is 1. The van der Waals surface area contributed by atoms with Gasteiger partial charge in [-0.25, -0.2) is 0 Å². The number of amides is 1. The van der Waals surface area contributed by atoms with Crippen LogP contribution in [0.25, 0.3) is 5.69 Å². The zero-order valence-electron chi connectivity index (χ0n) is 20.0. The molecule has 8 heteroatoms. The van der Waals surface area contributed by atoms with Crippen molar-refractivity contribution in [3.05, 3.63) is 77.7 Å². The minimum atomic E-state index is 0.0407. The van der Waals surface area contributed by atoms with Crippen LogP contribution in [-0.2, 0) is 11.2 Å². The van der Waals surface area contributed by atoms with E-state index in [4.69, 9.17) is 16.3 Å². The van der Waals surface area contributed by atoms with E-state index in [1.807, 2.05) is 36.4 Å². The summed E-state index contributed by atoms with van der Waals surface area (Å²) in [7, 11) is 1.66. The molecule has 0 saturated carbocycles. The Kier molecular flexibility index (Phi) is 9.26. The number of aryl methyl sites for hydroxylation is 1. The molecule has 0 bridgehead atoms. The van der Waals surface area contributed by atoms with Crippen molar-refractivity contribution in [1.29, 1.82) is 0 Å². The van der Waals surface area contributed by atoms with Crippen LogP contribution in [0.4, 0.5) is 0 Å². The number of ether oxygens (including phenoxy) is 1. The van der Waals surface area contributed by atoms with E-state index in [0.29, 0.717) is 25.8 Å². The number of halogens is 1. The maximum Gasteiger partial charge on any atom is 0.220 e. The number of allylic oxidation sites excluding steroid dienone is 5. The van der Waals surface area contributed by atoms with Gasteiger partial charge in [0.1, 0.15) is 11.6 Å². The first kappa shape index (κ1) is 25.3. The number of carbonyl (C=O) groups is 1. The second-order valence-electron chi connectivity index (χ2n) is 8.54. The summed E-state index contributed by atoms with van der Waals surface area (Å²) in [6, 6.07) is 7.88. The average Bonchev–Trinajstić information content (AvgIpc) is 3.29. The van der Waals surface area contributed by atoms with Crippen LogP contribution in [0.5, 0.6) is 5.75 Å². The van der Waals surface area contributed by atoms with Gasteiger partial charge in [0.15, 0.2) is 5.16 Å². The number of carbonyl (C=O) groups excluding carboxylic acids is 1. The van der Waals surface area contributed by atoms with Gasteiger partial charge in [-0.3, -0.25) is 9.36 Å². The fourth-order valence-electron chi connectivity index (χ4n) is 4.02. The summed E-state index contributed by atoms with van der Waals surface area (Å²) in [5.74, 6) is 2.45. The SMILES string of the molecule is COc1cccc(-n2c(CCCC(=O)NCC3=CCCC=C3)nnc2SCC2=CC=CC(Cl)C2)c1. The number of alkyl halides is 1. The second-order valence-corrected chi connectivity index (χ2v) is 10.0.